The van der Waals surface area contributed by atoms with Gasteiger partial charge < -0.3 is 14.2 Å². The fourth-order valence-electron chi connectivity index (χ4n) is 2.58. The van der Waals surface area contributed by atoms with Crippen molar-refractivity contribution in [2.24, 2.45) is 0 Å². The van der Waals surface area contributed by atoms with Gasteiger partial charge in [-0.1, -0.05) is 0 Å². The SMILES string of the molecule is COc1ccc2c(c1)nc(C(C)Cl)n2C(C)CN(C)C. The van der Waals surface area contributed by atoms with Gasteiger partial charge in [-0.2, -0.15) is 0 Å². The molecule has 2 rings (SSSR count). The van der Waals surface area contributed by atoms with Gasteiger partial charge in [0.15, 0.2) is 0 Å². The second-order valence-electron chi connectivity index (χ2n) is 5.42. The quantitative estimate of drug-likeness (QED) is 0.791. The molecule has 1 aromatic heterocycles. The molecule has 0 saturated carbocycles. The predicted octanol–water partition coefficient (Wildman–Crippen LogP) is 3.47. The third-order valence-corrected chi connectivity index (χ3v) is 3.55. The van der Waals surface area contributed by atoms with Crippen LogP contribution in [0.4, 0.5) is 0 Å². The second kappa shape index (κ2) is 6.02. The summed E-state index contributed by atoms with van der Waals surface area (Å²) >= 11 is 6.31. The zero-order valence-electron chi connectivity index (χ0n) is 12.7. The van der Waals surface area contributed by atoms with Crippen molar-refractivity contribution < 1.29 is 4.74 Å². The lowest BCUT2D eigenvalue weighted by atomic mass is 10.2. The first kappa shape index (κ1) is 15.1. The largest absolute Gasteiger partial charge is 0.497 e. The van der Waals surface area contributed by atoms with E-state index in [9.17, 15) is 0 Å². The average Bonchev–Trinajstić information content (AvgIpc) is 2.76. The zero-order valence-corrected chi connectivity index (χ0v) is 13.5. The molecule has 0 spiro atoms. The van der Waals surface area contributed by atoms with Crippen LogP contribution < -0.4 is 4.74 Å². The average molecular weight is 296 g/mol. The van der Waals surface area contributed by atoms with Crippen LogP contribution in [0.15, 0.2) is 18.2 Å². The van der Waals surface area contributed by atoms with E-state index in [0.717, 1.165) is 29.2 Å². The highest BCUT2D eigenvalue weighted by molar-refractivity contribution is 6.20. The Kier molecular flexibility index (Phi) is 4.55. The van der Waals surface area contributed by atoms with Crippen LogP contribution in [-0.4, -0.2) is 42.2 Å². The van der Waals surface area contributed by atoms with Crippen molar-refractivity contribution in [3.05, 3.63) is 24.0 Å². The van der Waals surface area contributed by atoms with Gasteiger partial charge in [0.1, 0.15) is 11.6 Å². The van der Waals surface area contributed by atoms with Crippen molar-refractivity contribution in [1.29, 1.82) is 0 Å². The number of likely N-dealkylation sites (N-methyl/N-ethyl adjacent to an activating group) is 1. The minimum absolute atomic E-state index is 0.127. The van der Waals surface area contributed by atoms with Crippen LogP contribution in [0.25, 0.3) is 11.0 Å². The molecule has 0 radical (unpaired) electrons. The maximum Gasteiger partial charge on any atom is 0.128 e. The number of ether oxygens (including phenoxy) is 1. The molecule has 0 fully saturated rings. The summed E-state index contributed by atoms with van der Waals surface area (Å²) in [6, 6.07) is 6.28. The van der Waals surface area contributed by atoms with Crippen LogP contribution in [0.3, 0.4) is 0 Å². The first-order valence-electron chi connectivity index (χ1n) is 6.78. The number of imidazole rings is 1. The number of alkyl halides is 1. The number of methoxy groups -OCH3 is 1. The summed E-state index contributed by atoms with van der Waals surface area (Å²) in [7, 11) is 5.81. The van der Waals surface area contributed by atoms with Crippen LogP contribution in [0.2, 0.25) is 0 Å². The molecular weight excluding hydrogens is 274 g/mol. The number of benzene rings is 1. The van der Waals surface area contributed by atoms with Crippen molar-refractivity contribution >= 4 is 22.6 Å². The summed E-state index contributed by atoms with van der Waals surface area (Å²) in [4.78, 5) is 6.85. The van der Waals surface area contributed by atoms with E-state index in [-0.39, 0.29) is 5.38 Å². The number of hydrogen-bond donors (Lipinski definition) is 0. The molecule has 4 nitrogen and oxygen atoms in total. The molecule has 0 bridgehead atoms. The third-order valence-electron chi connectivity index (χ3n) is 3.35. The summed E-state index contributed by atoms with van der Waals surface area (Å²) in [5.74, 6) is 1.72. The van der Waals surface area contributed by atoms with Crippen molar-refractivity contribution in [3.8, 4) is 5.75 Å². The molecule has 0 aliphatic heterocycles. The molecule has 2 atom stereocenters. The number of hydrogen-bond acceptors (Lipinski definition) is 3. The van der Waals surface area contributed by atoms with Gasteiger partial charge >= 0.3 is 0 Å². The summed E-state index contributed by atoms with van der Waals surface area (Å²) < 4.78 is 7.50. The van der Waals surface area contributed by atoms with Crippen molar-refractivity contribution in [3.63, 3.8) is 0 Å². The maximum absolute atomic E-state index is 6.31. The van der Waals surface area contributed by atoms with E-state index in [2.05, 4.69) is 41.5 Å². The normalized spacial score (nSPS) is 14.8. The van der Waals surface area contributed by atoms with Gasteiger partial charge in [-0.15, -0.1) is 11.6 Å². The Balaban J connectivity index is 2.57. The van der Waals surface area contributed by atoms with Crippen molar-refractivity contribution in [1.82, 2.24) is 14.5 Å². The Labute approximate surface area is 125 Å². The van der Waals surface area contributed by atoms with Gasteiger partial charge in [-0.25, -0.2) is 4.98 Å². The monoisotopic (exact) mass is 295 g/mol. The Bertz CT molecular complexity index is 592. The van der Waals surface area contributed by atoms with Gasteiger partial charge in [-0.05, 0) is 40.1 Å². The molecule has 20 heavy (non-hydrogen) atoms. The van der Waals surface area contributed by atoms with E-state index in [1.165, 1.54) is 0 Å². The van der Waals surface area contributed by atoms with Crippen LogP contribution in [0.1, 0.15) is 31.1 Å². The van der Waals surface area contributed by atoms with Gasteiger partial charge in [0.05, 0.1) is 23.5 Å². The summed E-state index contributed by atoms with van der Waals surface area (Å²) in [6.07, 6.45) is 0. The first-order valence-corrected chi connectivity index (χ1v) is 7.22. The Morgan fingerprint density at radius 2 is 2.05 bits per heavy atom. The maximum atomic E-state index is 6.31. The smallest absolute Gasteiger partial charge is 0.128 e. The van der Waals surface area contributed by atoms with Gasteiger partial charge in [-0.3, -0.25) is 0 Å². The molecule has 0 aliphatic carbocycles. The minimum atomic E-state index is -0.127. The Morgan fingerprint density at radius 3 is 2.60 bits per heavy atom. The standard InChI is InChI=1S/C15H22ClN3O/c1-10(9-18(3)4)19-14-7-6-12(20-5)8-13(14)17-15(19)11(2)16/h6-8,10-11H,9H2,1-5H3. The lowest BCUT2D eigenvalue weighted by molar-refractivity contribution is 0.336. The van der Waals surface area contributed by atoms with E-state index < -0.39 is 0 Å². The van der Waals surface area contributed by atoms with E-state index in [0.29, 0.717) is 6.04 Å². The number of halogens is 1. The van der Waals surface area contributed by atoms with Crippen molar-refractivity contribution in [2.75, 3.05) is 27.7 Å². The Hall–Kier alpha value is -1.26. The van der Waals surface area contributed by atoms with Crippen molar-refractivity contribution in [2.45, 2.75) is 25.3 Å². The molecule has 0 saturated heterocycles. The molecule has 0 amide bonds. The molecule has 2 unspecified atom stereocenters. The van der Waals surface area contributed by atoms with E-state index in [1.54, 1.807) is 7.11 Å². The summed E-state index contributed by atoms with van der Waals surface area (Å²) in [6.45, 7) is 5.08. The molecule has 1 aromatic carbocycles. The lowest BCUT2D eigenvalue weighted by Crippen LogP contribution is -2.23. The molecule has 5 heteroatoms. The van der Waals surface area contributed by atoms with E-state index in [1.807, 2.05) is 19.1 Å². The minimum Gasteiger partial charge on any atom is -0.497 e. The van der Waals surface area contributed by atoms with Crippen LogP contribution in [-0.2, 0) is 0 Å². The predicted molar refractivity (Wildman–Crippen MR) is 83.8 cm³/mol. The van der Waals surface area contributed by atoms with Crippen LogP contribution >= 0.6 is 11.6 Å². The second-order valence-corrected chi connectivity index (χ2v) is 6.08. The lowest BCUT2D eigenvalue weighted by Gasteiger charge is -2.22. The van der Waals surface area contributed by atoms with Gasteiger partial charge in [0, 0.05) is 18.7 Å². The highest BCUT2D eigenvalue weighted by atomic mass is 35.5. The van der Waals surface area contributed by atoms with Gasteiger partial charge in [0.2, 0.25) is 0 Å². The highest BCUT2D eigenvalue weighted by Gasteiger charge is 2.19. The first-order chi connectivity index (χ1) is 9.43. The van der Waals surface area contributed by atoms with Gasteiger partial charge in [0.25, 0.3) is 0 Å². The molecule has 0 N–H and O–H groups in total. The molecule has 1 heterocycles. The molecular formula is C15H22ClN3O. The molecule has 110 valence electrons. The number of nitrogens with zero attached hydrogens (tertiary/aromatic N) is 3. The van der Waals surface area contributed by atoms with Crippen LogP contribution in [0.5, 0.6) is 5.75 Å². The highest BCUT2D eigenvalue weighted by Crippen LogP contribution is 2.30. The Morgan fingerprint density at radius 1 is 1.35 bits per heavy atom. The summed E-state index contributed by atoms with van der Waals surface area (Å²) in [5, 5.41) is -0.127. The van der Waals surface area contributed by atoms with E-state index in [4.69, 9.17) is 16.3 Å². The van der Waals surface area contributed by atoms with Crippen LogP contribution in [0, 0.1) is 0 Å². The number of fused-ring (bicyclic) bond motifs is 1. The molecule has 0 aliphatic rings. The summed E-state index contributed by atoms with van der Waals surface area (Å²) in [5.41, 5.74) is 2.03. The zero-order chi connectivity index (χ0) is 14.9. The fourth-order valence-corrected chi connectivity index (χ4v) is 2.73. The fraction of sp³-hybridized carbons (Fsp3) is 0.533. The molecule has 2 aromatic rings. The number of aromatic nitrogens is 2. The third kappa shape index (κ3) is 2.91. The number of rotatable bonds is 5. The topological polar surface area (TPSA) is 30.3 Å². The van der Waals surface area contributed by atoms with E-state index >= 15 is 0 Å².